The molecule has 0 unspecified atom stereocenters. The Morgan fingerprint density at radius 1 is 1.00 bits per heavy atom. The van der Waals surface area contributed by atoms with E-state index in [9.17, 15) is 0 Å². The molecule has 2 aromatic heterocycles. The fourth-order valence-electron chi connectivity index (χ4n) is 2.76. The molecule has 0 saturated carbocycles. The molecule has 5 rings (SSSR count). The Balaban J connectivity index is 1.60. The van der Waals surface area contributed by atoms with Gasteiger partial charge >= 0.3 is 0 Å². The van der Waals surface area contributed by atoms with Crippen LogP contribution in [-0.2, 0) is 0 Å². The van der Waals surface area contributed by atoms with Gasteiger partial charge in [0.15, 0.2) is 17.3 Å². The van der Waals surface area contributed by atoms with Gasteiger partial charge in [0.05, 0.1) is 5.69 Å². The normalized spacial score (nSPS) is 12.9. The highest BCUT2D eigenvalue weighted by molar-refractivity contribution is 7.15. The Morgan fingerprint density at radius 2 is 1.79 bits per heavy atom. The first-order chi connectivity index (χ1) is 11.8. The topological polar surface area (TPSA) is 48.7 Å². The third kappa shape index (κ3) is 2.07. The predicted molar refractivity (Wildman–Crippen MR) is 92.6 cm³/mol. The number of hydrogen-bond donors (Lipinski definition) is 0. The molecule has 6 heteroatoms. The minimum atomic E-state index is 0.266. The summed E-state index contributed by atoms with van der Waals surface area (Å²) in [6.45, 7) is 2.35. The molecule has 0 radical (unpaired) electrons. The van der Waals surface area contributed by atoms with E-state index in [4.69, 9.17) is 9.47 Å². The van der Waals surface area contributed by atoms with Crippen molar-refractivity contribution in [3.63, 3.8) is 0 Å². The molecule has 3 heterocycles. The molecule has 0 atom stereocenters. The van der Waals surface area contributed by atoms with E-state index in [1.807, 2.05) is 22.7 Å². The third-order valence-corrected chi connectivity index (χ3v) is 4.88. The van der Waals surface area contributed by atoms with Gasteiger partial charge in [0.2, 0.25) is 11.8 Å². The van der Waals surface area contributed by atoms with Gasteiger partial charge in [0, 0.05) is 16.5 Å². The first-order valence-electron chi connectivity index (χ1n) is 7.59. The van der Waals surface area contributed by atoms with Gasteiger partial charge in [-0.2, -0.15) is 4.98 Å². The van der Waals surface area contributed by atoms with Crippen LogP contribution in [-0.4, -0.2) is 21.4 Å². The summed E-state index contributed by atoms with van der Waals surface area (Å²) in [5.74, 6) is 2.19. The van der Waals surface area contributed by atoms with Crippen molar-refractivity contribution in [1.29, 1.82) is 0 Å². The van der Waals surface area contributed by atoms with E-state index >= 15 is 0 Å². The lowest BCUT2D eigenvalue weighted by Gasteiger charge is -2.00. The largest absolute Gasteiger partial charge is 0.454 e. The number of thiazole rings is 1. The Morgan fingerprint density at radius 3 is 2.67 bits per heavy atom. The second-order valence-corrected chi connectivity index (χ2v) is 6.52. The maximum atomic E-state index is 5.44. The molecule has 0 fully saturated rings. The van der Waals surface area contributed by atoms with E-state index in [-0.39, 0.29) is 6.79 Å². The molecule has 1 aliphatic heterocycles. The summed E-state index contributed by atoms with van der Waals surface area (Å²) in [6.07, 6.45) is 0. The van der Waals surface area contributed by atoms with Gasteiger partial charge in [0.1, 0.15) is 0 Å². The van der Waals surface area contributed by atoms with Crippen molar-refractivity contribution in [1.82, 2.24) is 14.6 Å². The average molecular weight is 335 g/mol. The molecule has 24 heavy (non-hydrogen) atoms. The molecule has 0 amide bonds. The number of rotatable bonds is 2. The quantitative estimate of drug-likeness (QED) is 0.552. The van der Waals surface area contributed by atoms with Gasteiger partial charge in [-0.1, -0.05) is 29.8 Å². The first-order valence-corrected chi connectivity index (χ1v) is 8.47. The standard InChI is InChI=1S/C18H13N3O2S/c1-11-2-4-12(5-3-11)14-9-24-18-19-17(20-21(14)18)13-6-7-15-16(8-13)23-10-22-15/h2-9H,10H2,1H3. The van der Waals surface area contributed by atoms with Gasteiger partial charge in [-0.3, -0.25) is 0 Å². The van der Waals surface area contributed by atoms with Crippen molar-refractivity contribution in [3.8, 4) is 34.1 Å². The molecule has 0 aliphatic carbocycles. The number of ether oxygens (including phenoxy) is 2. The van der Waals surface area contributed by atoms with Crippen LogP contribution >= 0.6 is 11.3 Å². The Bertz CT molecular complexity index is 1050. The van der Waals surface area contributed by atoms with Crippen LogP contribution in [0, 0.1) is 6.92 Å². The van der Waals surface area contributed by atoms with E-state index in [0.717, 1.165) is 33.3 Å². The summed E-state index contributed by atoms with van der Waals surface area (Å²) in [5.41, 5.74) is 4.35. The van der Waals surface area contributed by atoms with Crippen molar-refractivity contribution in [2.24, 2.45) is 0 Å². The highest BCUT2D eigenvalue weighted by Crippen LogP contribution is 2.35. The van der Waals surface area contributed by atoms with Gasteiger partial charge in [-0.25, -0.2) is 4.52 Å². The third-order valence-electron chi connectivity index (χ3n) is 4.06. The summed E-state index contributed by atoms with van der Waals surface area (Å²) < 4.78 is 12.7. The highest BCUT2D eigenvalue weighted by Gasteiger charge is 2.17. The van der Waals surface area contributed by atoms with Crippen molar-refractivity contribution in [2.75, 3.05) is 6.79 Å². The van der Waals surface area contributed by atoms with Crippen LogP contribution in [0.25, 0.3) is 27.6 Å². The number of hydrogen-bond acceptors (Lipinski definition) is 5. The number of nitrogens with zero attached hydrogens (tertiary/aromatic N) is 3. The number of aryl methyl sites for hydroxylation is 1. The van der Waals surface area contributed by atoms with Crippen molar-refractivity contribution in [2.45, 2.75) is 6.92 Å². The summed E-state index contributed by atoms with van der Waals surface area (Å²) in [7, 11) is 0. The van der Waals surface area contributed by atoms with Gasteiger partial charge in [-0.15, -0.1) is 16.4 Å². The summed E-state index contributed by atoms with van der Waals surface area (Å²) in [4.78, 5) is 5.52. The molecule has 0 bridgehead atoms. The Hall–Kier alpha value is -2.86. The first kappa shape index (κ1) is 13.6. The Labute approximate surface area is 142 Å². The van der Waals surface area contributed by atoms with E-state index in [0.29, 0.717) is 5.82 Å². The fourth-order valence-corrected chi connectivity index (χ4v) is 3.59. The second kappa shape index (κ2) is 5.07. The van der Waals surface area contributed by atoms with E-state index in [1.54, 1.807) is 11.3 Å². The SMILES string of the molecule is Cc1ccc(-c2csc3nc(-c4ccc5c(c4)OCO5)nn23)cc1. The molecule has 4 aromatic rings. The minimum absolute atomic E-state index is 0.266. The van der Waals surface area contributed by atoms with E-state index < -0.39 is 0 Å². The molecule has 0 N–H and O–H groups in total. The van der Waals surface area contributed by atoms with Gasteiger partial charge < -0.3 is 9.47 Å². The lowest BCUT2D eigenvalue weighted by atomic mass is 10.1. The molecule has 1 aliphatic rings. The van der Waals surface area contributed by atoms with Crippen molar-refractivity contribution < 1.29 is 9.47 Å². The molecule has 5 nitrogen and oxygen atoms in total. The van der Waals surface area contributed by atoms with Crippen LogP contribution in [0.15, 0.2) is 47.8 Å². The number of aromatic nitrogens is 3. The second-order valence-electron chi connectivity index (χ2n) is 5.68. The van der Waals surface area contributed by atoms with Crippen LogP contribution < -0.4 is 9.47 Å². The van der Waals surface area contributed by atoms with Crippen LogP contribution in [0.2, 0.25) is 0 Å². The van der Waals surface area contributed by atoms with Crippen molar-refractivity contribution >= 4 is 16.3 Å². The summed E-state index contributed by atoms with van der Waals surface area (Å²) in [6, 6.07) is 14.2. The van der Waals surface area contributed by atoms with Crippen LogP contribution in [0.3, 0.4) is 0 Å². The van der Waals surface area contributed by atoms with E-state index in [2.05, 4.69) is 46.7 Å². The summed E-state index contributed by atoms with van der Waals surface area (Å²) >= 11 is 1.59. The zero-order valence-corrected chi connectivity index (χ0v) is 13.7. The fraction of sp³-hybridized carbons (Fsp3) is 0.111. The van der Waals surface area contributed by atoms with Gasteiger partial charge in [-0.05, 0) is 25.1 Å². The lowest BCUT2D eigenvalue weighted by molar-refractivity contribution is 0.174. The number of benzene rings is 2. The Kier molecular flexibility index (Phi) is 2.87. The van der Waals surface area contributed by atoms with Gasteiger partial charge in [0.25, 0.3) is 0 Å². The lowest BCUT2D eigenvalue weighted by Crippen LogP contribution is -1.92. The molecule has 0 saturated heterocycles. The van der Waals surface area contributed by atoms with E-state index in [1.165, 1.54) is 5.56 Å². The van der Waals surface area contributed by atoms with Crippen LogP contribution in [0.5, 0.6) is 11.5 Å². The molecule has 2 aromatic carbocycles. The zero-order valence-electron chi connectivity index (χ0n) is 12.9. The maximum Gasteiger partial charge on any atom is 0.231 e. The van der Waals surface area contributed by atoms with Crippen LogP contribution in [0.1, 0.15) is 5.56 Å². The van der Waals surface area contributed by atoms with Crippen molar-refractivity contribution in [3.05, 3.63) is 53.4 Å². The predicted octanol–water partition coefficient (Wildman–Crippen LogP) is 4.16. The highest BCUT2D eigenvalue weighted by atomic mass is 32.1. The minimum Gasteiger partial charge on any atom is -0.454 e. The smallest absolute Gasteiger partial charge is 0.231 e. The van der Waals surface area contributed by atoms with Crippen LogP contribution in [0.4, 0.5) is 0 Å². The molecule has 118 valence electrons. The molecular weight excluding hydrogens is 322 g/mol. The molecular formula is C18H13N3O2S. The maximum absolute atomic E-state index is 5.44. The zero-order chi connectivity index (χ0) is 16.1. The summed E-state index contributed by atoms with van der Waals surface area (Å²) in [5, 5.41) is 6.77. The average Bonchev–Trinajstić information content (AvgIpc) is 3.30. The monoisotopic (exact) mass is 335 g/mol. The molecule has 0 spiro atoms. The number of fused-ring (bicyclic) bond motifs is 2.